The SMILES string of the molecule is CCOC(=O)c1c(C(C)(C)O)nc(OCC)n1-c1ccc(-c2ccccc2C(=O)O)cc1. The number of carbonyl (C=O) groups excluding carboxylic acids is 1. The van der Waals surface area contributed by atoms with Crippen LogP contribution in [0.25, 0.3) is 16.8 Å². The van der Waals surface area contributed by atoms with Crippen LogP contribution in [0.3, 0.4) is 0 Å². The van der Waals surface area contributed by atoms with Crippen molar-refractivity contribution in [2.75, 3.05) is 13.2 Å². The van der Waals surface area contributed by atoms with Gasteiger partial charge in [-0.05, 0) is 57.0 Å². The van der Waals surface area contributed by atoms with Gasteiger partial charge in [0.2, 0.25) is 0 Å². The second kappa shape index (κ2) is 9.23. The van der Waals surface area contributed by atoms with E-state index in [4.69, 9.17) is 9.47 Å². The summed E-state index contributed by atoms with van der Waals surface area (Å²) in [4.78, 5) is 28.8. The topological polar surface area (TPSA) is 111 Å². The summed E-state index contributed by atoms with van der Waals surface area (Å²) in [5, 5.41) is 20.1. The molecule has 1 heterocycles. The van der Waals surface area contributed by atoms with E-state index in [1.54, 1.807) is 62.4 Å². The highest BCUT2D eigenvalue weighted by Crippen LogP contribution is 2.32. The molecule has 0 saturated carbocycles. The molecule has 0 fully saturated rings. The Kier molecular flexibility index (Phi) is 6.64. The molecule has 1 aromatic heterocycles. The van der Waals surface area contributed by atoms with E-state index in [0.717, 1.165) is 0 Å². The lowest BCUT2D eigenvalue weighted by Crippen LogP contribution is -2.22. The van der Waals surface area contributed by atoms with Crippen molar-refractivity contribution in [3.05, 3.63) is 65.5 Å². The predicted octanol–water partition coefficient (Wildman–Crippen LogP) is 4.04. The van der Waals surface area contributed by atoms with E-state index < -0.39 is 17.5 Å². The largest absolute Gasteiger partial charge is 0.478 e. The van der Waals surface area contributed by atoms with Gasteiger partial charge < -0.3 is 19.7 Å². The number of aromatic carboxylic acids is 1. The van der Waals surface area contributed by atoms with E-state index >= 15 is 0 Å². The maximum Gasteiger partial charge on any atom is 0.357 e. The van der Waals surface area contributed by atoms with Gasteiger partial charge in [-0.25, -0.2) is 9.59 Å². The fourth-order valence-electron chi connectivity index (χ4n) is 3.39. The lowest BCUT2D eigenvalue weighted by molar-refractivity contribution is 0.0472. The van der Waals surface area contributed by atoms with Gasteiger partial charge in [-0.1, -0.05) is 30.3 Å². The Balaban J connectivity index is 2.18. The van der Waals surface area contributed by atoms with E-state index in [0.29, 0.717) is 23.4 Å². The molecule has 2 aromatic carbocycles. The lowest BCUT2D eigenvalue weighted by atomic mass is 9.99. The Hall–Kier alpha value is -3.65. The molecule has 0 unspecified atom stereocenters. The highest BCUT2D eigenvalue weighted by Gasteiger charge is 2.34. The van der Waals surface area contributed by atoms with Crippen LogP contribution in [-0.4, -0.2) is 44.9 Å². The van der Waals surface area contributed by atoms with Gasteiger partial charge in [0.05, 0.1) is 24.5 Å². The zero-order valence-corrected chi connectivity index (χ0v) is 18.5. The molecule has 0 aliphatic rings. The molecular weight excluding hydrogens is 412 g/mol. The van der Waals surface area contributed by atoms with Crippen LogP contribution >= 0.6 is 0 Å². The van der Waals surface area contributed by atoms with E-state index in [2.05, 4.69) is 4.98 Å². The average Bonchev–Trinajstić information content (AvgIpc) is 3.14. The summed E-state index contributed by atoms with van der Waals surface area (Å²) < 4.78 is 12.4. The fraction of sp³-hybridized carbons (Fsp3) is 0.292. The quantitative estimate of drug-likeness (QED) is 0.511. The van der Waals surface area contributed by atoms with Crippen LogP contribution in [0.5, 0.6) is 6.01 Å². The third-order valence-electron chi connectivity index (χ3n) is 4.76. The van der Waals surface area contributed by atoms with Gasteiger partial charge in [0.15, 0.2) is 5.69 Å². The number of imidazole rings is 1. The molecule has 0 bridgehead atoms. The number of ether oxygens (including phenoxy) is 2. The van der Waals surface area contributed by atoms with E-state index in [9.17, 15) is 19.8 Å². The molecule has 0 aliphatic heterocycles. The number of aliphatic hydroxyl groups is 1. The van der Waals surface area contributed by atoms with Crippen molar-refractivity contribution in [1.82, 2.24) is 9.55 Å². The molecule has 8 nitrogen and oxygen atoms in total. The zero-order chi connectivity index (χ0) is 23.5. The molecule has 3 rings (SSSR count). The van der Waals surface area contributed by atoms with Gasteiger partial charge in [-0.3, -0.25) is 4.57 Å². The first kappa shape index (κ1) is 23.0. The van der Waals surface area contributed by atoms with Crippen molar-refractivity contribution >= 4 is 11.9 Å². The van der Waals surface area contributed by atoms with Crippen LogP contribution in [0.2, 0.25) is 0 Å². The standard InChI is InChI=1S/C24H26N2O6/c1-5-31-22(29)19-20(24(3,4)30)25-23(32-6-2)26(19)16-13-11-15(12-14-16)17-9-7-8-10-18(17)21(27)28/h7-14,30H,5-6H2,1-4H3,(H,27,28). The minimum atomic E-state index is -1.42. The molecule has 8 heteroatoms. The van der Waals surface area contributed by atoms with Gasteiger partial charge in [-0.2, -0.15) is 4.98 Å². The van der Waals surface area contributed by atoms with Crippen LogP contribution in [0.1, 0.15) is 54.2 Å². The molecule has 3 aromatic rings. The first-order chi connectivity index (χ1) is 15.2. The van der Waals surface area contributed by atoms with Gasteiger partial charge >= 0.3 is 17.9 Å². The van der Waals surface area contributed by atoms with Gasteiger partial charge in [0.1, 0.15) is 11.3 Å². The summed E-state index contributed by atoms with van der Waals surface area (Å²) >= 11 is 0. The number of nitrogens with zero attached hydrogens (tertiary/aromatic N) is 2. The Bertz CT molecular complexity index is 1130. The van der Waals surface area contributed by atoms with E-state index in [-0.39, 0.29) is 29.6 Å². The summed E-state index contributed by atoms with van der Waals surface area (Å²) in [5.41, 5.74) is 0.807. The van der Waals surface area contributed by atoms with Crippen molar-refractivity contribution in [3.63, 3.8) is 0 Å². The van der Waals surface area contributed by atoms with Crippen molar-refractivity contribution < 1.29 is 29.3 Å². The third-order valence-corrected chi connectivity index (χ3v) is 4.76. The number of carbonyl (C=O) groups is 2. The van der Waals surface area contributed by atoms with Crippen molar-refractivity contribution in [3.8, 4) is 22.8 Å². The number of esters is 1. The first-order valence-corrected chi connectivity index (χ1v) is 10.3. The summed E-state index contributed by atoms with van der Waals surface area (Å²) in [6.45, 7) is 7.01. The monoisotopic (exact) mass is 438 g/mol. The molecule has 32 heavy (non-hydrogen) atoms. The normalized spacial score (nSPS) is 11.3. The van der Waals surface area contributed by atoms with Crippen LogP contribution in [0.15, 0.2) is 48.5 Å². The minimum absolute atomic E-state index is 0.0708. The average molecular weight is 438 g/mol. The molecule has 0 saturated heterocycles. The number of benzene rings is 2. The minimum Gasteiger partial charge on any atom is -0.478 e. The van der Waals surface area contributed by atoms with Crippen LogP contribution in [-0.2, 0) is 10.3 Å². The number of carboxylic acid groups (broad SMARTS) is 1. The molecule has 168 valence electrons. The third kappa shape index (κ3) is 4.50. The molecule has 2 N–H and O–H groups in total. The Morgan fingerprint density at radius 2 is 1.69 bits per heavy atom. The smallest absolute Gasteiger partial charge is 0.357 e. The highest BCUT2D eigenvalue weighted by molar-refractivity contribution is 5.96. The second-order valence-corrected chi connectivity index (χ2v) is 7.54. The summed E-state index contributed by atoms with van der Waals surface area (Å²) in [7, 11) is 0. The van der Waals surface area contributed by atoms with Crippen LogP contribution < -0.4 is 4.74 Å². The zero-order valence-electron chi connectivity index (χ0n) is 18.5. The molecular formula is C24H26N2O6. The molecule has 0 radical (unpaired) electrons. The van der Waals surface area contributed by atoms with Gasteiger partial charge in [0.25, 0.3) is 0 Å². The maximum absolute atomic E-state index is 12.8. The van der Waals surface area contributed by atoms with E-state index in [1.807, 2.05) is 0 Å². The predicted molar refractivity (Wildman–Crippen MR) is 118 cm³/mol. The Morgan fingerprint density at radius 3 is 2.25 bits per heavy atom. The fourth-order valence-corrected chi connectivity index (χ4v) is 3.39. The second-order valence-electron chi connectivity index (χ2n) is 7.54. The van der Waals surface area contributed by atoms with Crippen LogP contribution in [0, 0.1) is 0 Å². The Morgan fingerprint density at radius 1 is 1.03 bits per heavy atom. The molecule has 0 amide bonds. The van der Waals surface area contributed by atoms with Gasteiger partial charge in [-0.15, -0.1) is 0 Å². The van der Waals surface area contributed by atoms with E-state index in [1.165, 1.54) is 18.4 Å². The van der Waals surface area contributed by atoms with Crippen molar-refractivity contribution in [2.24, 2.45) is 0 Å². The number of hydrogen-bond acceptors (Lipinski definition) is 6. The molecule has 0 spiro atoms. The van der Waals surface area contributed by atoms with Gasteiger partial charge in [0, 0.05) is 0 Å². The maximum atomic E-state index is 12.8. The summed E-state index contributed by atoms with van der Waals surface area (Å²) in [5.74, 6) is -1.65. The number of rotatable bonds is 8. The van der Waals surface area contributed by atoms with Crippen molar-refractivity contribution in [2.45, 2.75) is 33.3 Å². The number of carboxylic acids is 1. The lowest BCUT2D eigenvalue weighted by Gasteiger charge is -2.17. The summed E-state index contributed by atoms with van der Waals surface area (Å²) in [6, 6.07) is 13.8. The number of aromatic nitrogens is 2. The Labute approximate surface area is 186 Å². The highest BCUT2D eigenvalue weighted by atomic mass is 16.5. The summed E-state index contributed by atoms with van der Waals surface area (Å²) in [6.07, 6.45) is 0. The van der Waals surface area contributed by atoms with Crippen LogP contribution in [0.4, 0.5) is 0 Å². The van der Waals surface area contributed by atoms with Crippen molar-refractivity contribution in [1.29, 1.82) is 0 Å². The first-order valence-electron chi connectivity index (χ1n) is 10.3. The number of hydrogen-bond donors (Lipinski definition) is 2. The molecule has 0 atom stereocenters. The molecule has 0 aliphatic carbocycles.